The monoisotopic (exact) mass is 447 g/mol. The first-order valence-electron chi connectivity index (χ1n) is 11.6. The van der Waals surface area contributed by atoms with Gasteiger partial charge in [-0.25, -0.2) is 4.68 Å². The van der Waals surface area contributed by atoms with Gasteiger partial charge in [-0.15, -0.1) is 0 Å². The molecule has 168 valence electrons. The Balaban J connectivity index is 1.56. The predicted octanol–water partition coefficient (Wildman–Crippen LogP) is 5.54. The first-order valence-corrected chi connectivity index (χ1v) is 11.6. The summed E-state index contributed by atoms with van der Waals surface area (Å²) in [7, 11) is -0.421. The van der Waals surface area contributed by atoms with E-state index in [0.717, 1.165) is 33.3 Å². The van der Waals surface area contributed by atoms with Gasteiger partial charge in [0.1, 0.15) is 5.69 Å². The van der Waals surface area contributed by atoms with Crippen molar-refractivity contribution in [2.45, 2.75) is 38.9 Å². The topological polar surface area (TPSA) is 49.2 Å². The van der Waals surface area contributed by atoms with Crippen LogP contribution < -0.4 is 5.46 Å². The van der Waals surface area contributed by atoms with E-state index in [1.807, 2.05) is 16.8 Å². The number of rotatable bonds is 3. The Bertz CT molecular complexity index is 1510. The van der Waals surface area contributed by atoms with Crippen LogP contribution in [0.4, 0.5) is 0 Å². The number of hydrogen-bond acceptors (Lipinski definition) is 4. The van der Waals surface area contributed by atoms with Gasteiger partial charge in [-0.1, -0.05) is 54.6 Å². The fourth-order valence-electron chi connectivity index (χ4n) is 4.59. The minimum absolute atomic E-state index is 0.389. The molecule has 1 fully saturated rings. The van der Waals surface area contributed by atoms with E-state index in [2.05, 4.69) is 93.3 Å². The molecule has 0 saturated carbocycles. The van der Waals surface area contributed by atoms with Crippen LogP contribution >= 0.6 is 0 Å². The molecule has 0 aliphatic carbocycles. The zero-order valence-electron chi connectivity index (χ0n) is 19.8. The molecule has 0 atom stereocenters. The molecule has 6 rings (SSSR count). The summed E-state index contributed by atoms with van der Waals surface area (Å²) in [6, 6.07) is 25.1. The molecule has 0 bridgehead atoms. The summed E-state index contributed by atoms with van der Waals surface area (Å²) in [6.45, 7) is 8.31. The Hall–Kier alpha value is -3.48. The number of benzene rings is 3. The smallest absolute Gasteiger partial charge is 0.399 e. The lowest BCUT2D eigenvalue weighted by atomic mass is 9.78. The van der Waals surface area contributed by atoms with Crippen LogP contribution in [0.1, 0.15) is 27.7 Å². The SMILES string of the molecule is CC1(C)OB(c2cccc(-c3nn(-c4ccncc4)c4ccc5ccccc5c34)c2)OC1(C)C. The van der Waals surface area contributed by atoms with E-state index in [-0.39, 0.29) is 11.2 Å². The van der Waals surface area contributed by atoms with E-state index < -0.39 is 7.12 Å². The summed E-state index contributed by atoms with van der Waals surface area (Å²) >= 11 is 0. The molecule has 3 aromatic carbocycles. The molecule has 1 aliphatic heterocycles. The largest absolute Gasteiger partial charge is 0.494 e. The van der Waals surface area contributed by atoms with Gasteiger partial charge >= 0.3 is 7.12 Å². The molecule has 0 N–H and O–H groups in total. The van der Waals surface area contributed by atoms with Crippen LogP contribution in [-0.4, -0.2) is 33.1 Å². The van der Waals surface area contributed by atoms with Gasteiger partial charge in [-0.05, 0) is 62.1 Å². The van der Waals surface area contributed by atoms with Crippen molar-refractivity contribution in [3.63, 3.8) is 0 Å². The van der Waals surface area contributed by atoms with Gasteiger partial charge in [-0.3, -0.25) is 4.98 Å². The standard InChI is InChI=1S/C28H26BN3O2/c1-27(2)28(3,4)34-29(33-27)21-10-7-9-20(18-21)26-25-23-11-6-5-8-19(23)12-13-24(25)32(31-26)22-14-16-30-17-15-22/h5-18H,1-4H3. The molecule has 5 aromatic rings. The molecule has 1 saturated heterocycles. The van der Waals surface area contributed by atoms with E-state index in [1.54, 1.807) is 12.4 Å². The Morgan fingerprint density at radius 3 is 2.29 bits per heavy atom. The summed E-state index contributed by atoms with van der Waals surface area (Å²) in [6.07, 6.45) is 3.59. The molecule has 3 heterocycles. The van der Waals surface area contributed by atoms with Gasteiger partial charge in [0.05, 0.1) is 22.4 Å². The Morgan fingerprint density at radius 1 is 0.794 bits per heavy atom. The van der Waals surface area contributed by atoms with Gasteiger partial charge in [0, 0.05) is 23.3 Å². The maximum Gasteiger partial charge on any atom is 0.494 e. The highest BCUT2D eigenvalue weighted by molar-refractivity contribution is 6.62. The van der Waals surface area contributed by atoms with Crippen LogP contribution in [0.15, 0.2) is 85.2 Å². The van der Waals surface area contributed by atoms with E-state index in [0.29, 0.717) is 0 Å². The van der Waals surface area contributed by atoms with Crippen molar-refractivity contribution < 1.29 is 9.31 Å². The lowest BCUT2D eigenvalue weighted by Gasteiger charge is -2.32. The third-order valence-electron chi connectivity index (χ3n) is 7.16. The fraction of sp³-hybridized carbons (Fsp3) is 0.214. The second kappa shape index (κ2) is 7.52. The van der Waals surface area contributed by atoms with Gasteiger partial charge in [0.25, 0.3) is 0 Å². The van der Waals surface area contributed by atoms with E-state index in [4.69, 9.17) is 14.4 Å². The van der Waals surface area contributed by atoms with Crippen molar-refractivity contribution in [2.75, 3.05) is 0 Å². The number of hydrogen-bond donors (Lipinski definition) is 0. The minimum Gasteiger partial charge on any atom is -0.399 e. The Labute approximate surface area is 199 Å². The number of fused-ring (bicyclic) bond motifs is 3. The van der Waals surface area contributed by atoms with Gasteiger partial charge in [-0.2, -0.15) is 5.10 Å². The molecule has 6 heteroatoms. The van der Waals surface area contributed by atoms with Crippen molar-refractivity contribution in [1.82, 2.24) is 14.8 Å². The first kappa shape index (κ1) is 21.1. The van der Waals surface area contributed by atoms with Crippen molar-refractivity contribution >= 4 is 34.3 Å². The summed E-state index contributed by atoms with van der Waals surface area (Å²) < 4.78 is 14.6. The number of pyridine rings is 1. The van der Waals surface area contributed by atoms with Gasteiger partial charge in [0.15, 0.2) is 0 Å². The molecule has 2 aromatic heterocycles. The predicted molar refractivity (Wildman–Crippen MR) is 138 cm³/mol. The number of nitrogens with zero attached hydrogens (tertiary/aromatic N) is 3. The van der Waals surface area contributed by atoms with Crippen LogP contribution in [0.2, 0.25) is 0 Å². The average Bonchev–Trinajstić information content (AvgIpc) is 3.34. The van der Waals surface area contributed by atoms with E-state index in [1.165, 1.54) is 10.8 Å². The molecular formula is C28H26BN3O2. The van der Waals surface area contributed by atoms with Crippen molar-refractivity contribution in [2.24, 2.45) is 0 Å². The molecule has 34 heavy (non-hydrogen) atoms. The van der Waals surface area contributed by atoms with Crippen molar-refractivity contribution in [3.8, 4) is 16.9 Å². The third-order valence-corrected chi connectivity index (χ3v) is 7.16. The highest BCUT2D eigenvalue weighted by Crippen LogP contribution is 2.38. The van der Waals surface area contributed by atoms with Crippen LogP contribution in [0.5, 0.6) is 0 Å². The maximum atomic E-state index is 6.32. The normalized spacial score (nSPS) is 17.0. The highest BCUT2D eigenvalue weighted by Gasteiger charge is 2.51. The molecular weight excluding hydrogens is 421 g/mol. The fourth-order valence-corrected chi connectivity index (χ4v) is 4.59. The lowest BCUT2D eigenvalue weighted by Crippen LogP contribution is -2.41. The Kier molecular flexibility index (Phi) is 4.66. The molecule has 1 aliphatic rings. The highest BCUT2D eigenvalue weighted by atomic mass is 16.7. The third kappa shape index (κ3) is 3.25. The minimum atomic E-state index is -0.421. The molecule has 0 spiro atoms. The zero-order chi connectivity index (χ0) is 23.5. The summed E-state index contributed by atoms with van der Waals surface area (Å²) in [5.74, 6) is 0. The molecule has 0 radical (unpaired) electrons. The van der Waals surface area contributed by atoms with E-state index >= 15 is 0 Å². The van der Waals surface area contributed by atoms with E-state index in [9.17, 15) is 0 Å². The quantitative estimate of drug-likeness (QED) is 0.341. The van der Waals surface area contributed by atoms with Crippen molar-refractivity contribution in [3.05, 3.63) is 85.2 Å². The van der Waals surface area contributed by atoms with Crippen molar-refractivity contribution in [1.29, 1.82) is 0 Å². The number of aromatic nitrogens is 3. The molecule has 0 amide bonds. The second-order valence-corrected chi connectivity index (χ2v) is 9.86. The van der Waals surface area contributed by atoms with Crippen LogP contribution in [0, 0.1) is 0 Å². The van der Waals surface area contributed by atoms with Gasteiger partial charge in [0.2, 0.25) is 0 Å². The Morgan fingerprint density at radius 2 is 1.53 bits per heavy atom. The molecule has 0 unspecified atom stereocenters. The van der Waals surface area contributed by atoms with Crippen LogP contribution in [0.3, 0.4) is 0 Å². The maximum absolute atomic E-state index is 6.32. The van der Waals surface area contributed by atoms with Gasteiger partial charge < -0.3 is 9.31 Å². The summed E-state index contributed by atoms with van der Waals surface area (Å²) in [5.41, 5.74) is 4.20. The first-order chi connectivity index (χ1) is 16.3. The van der Waals surface area contributed by atoms with Crippen LogP contribution in [-0.2, 0) is 9.31 Å². The second-order valence-electron chi connectivity index (χ2n) is 9.86. The summed E-state index contributed by atoms with van der Waals surface area (Å²) in [4.78, 5) is 4.18. The zero-order valence-corrected chi connectivity index (χ0v) is 19.8. The summed E-state index contributed by atoms with van der Waals surface area (Å²) in [5, 5.41) is 8.60. The van der Waals surface area contributed by atoms with Crippen LogP contribution in [0.25, 0.3) is 38.6 Å². The lowest BCUT2D eigenvalue weighted by molar-refractivity contribution is 0.00578. The average molecular weight is 447 g/mol. The molecule has 5 nitrogen and oxygen atoms in total.